The quantitative estimate of drug-likeness (QED) is 0.757. The molecule has 2 amide bonds. The molecule has 150 valence electrons. The summed E-state index contributed by atoms with van der Waals surface area (Å²) >= 11 is 0. The van der Waals surface area contributed by atoms with Gasteiger partial charge in [-0.3, -0.25) is 9.59 Å². The highest BCUT2D eigenvalue weighted by molar-refractivity contribution is 5.83. The van der Waals surface area contributed by atoms with Crippen LogP contribution < -0.4 is 14.8 Å². The fraction of sp³-hybridized carbons (Fsp3) is 0.619. The molecule has 27 heavy (non-hydrogen) atoms. The van der Waals surface area contributed by atoms with E-state index < -0.39 is 0 Å². The molecule has 1 aromatic carbocycles. The van der Waals surface area contributed by atoms with Crippen molar-refractivity contribution in [1.29, 1.82) is 0 Å². The predicted molar refractivity (Wildman–Crippen MR) is 105 cm³/mol. The van der Waals surface area contributed by atoms with Crippen LogP contribution in [0.4, 0.5) is 0 Å². The van der Waals surface area contributed by atoms with Crippen LogP contribution in [0.25, 0.3) is 0 Å². The van der Waals surface area contributed by atoms with Gasteiger partial charge < -0.3 is 19.7 Å². The lowest BCUT2D eigenvalue weighted by Gasteiger charge is -2.35. The highest BCUT2D eigenvalue weighted by Crippen LogP contribution is 2.27. The minimum Gasteiger partial charge on any atom is -0.493 e. The van der Waals surface area contributed by atoms with E-state index in [0.29, 0.717) is 36.3 Å². The minimum absolute atomic E-state index is 0.0815. The first-order valence-corrected chi connectivity index (χ1v) is 9.68. The van der Waals surface area contributed by atoms with Crippen molar-refractivity contribution >= 4 is 11.8 Å². The zero-order chi connectivity index (χ0) is 19.8. The highest BCUT2D eigenvalue weighted by Gasteiger charge is 2.25. The number of benzene rings is 1. The van der Waals surface area contributed by atoms with Crippen molar-refractivity contribution in [2.45, 2.75) is 39.5 Å². The van der Waals surface area contributed by atoms with Crippen molar-refractivity contribution in [3.63, 3.8) is 0 Å². The first kappa shape index (κ1) is 21.1. The normalized spacial score (nSPS) is 19.5. The van der Waals surface area contributed by atoms with E-state index in [1.54, 1.807) is 14.2 Å². The lowest BCUT2D eigenvalue weighted by Crippen LogP contribution is -2.42. The molecule has 1 heterocycles. The van der Waals surface area contributed by atoms with Gasteiger partial charge in [-0.2, -0.15) is 0 Å². The van der Waals surface area contributed by atoms with Gasteiger partial charge in [0, 0.05) is 32.5 Å². The van der Waals surface area contributed by atoms with Crippen LogP contribution in [0.3, 0.4) is 0 Å². The van der Waals surface area contributed by atoms with E-state index in [9.17, 15) is 9.59 Å². The number of piperidine rings is 1. The largest absolute Gasteiger partial charge is 0.493 e. The van der Waals surface area contributed by atoms with E-state index in [4.69, 9.17) is 9.47 Å². The number of nitrogens with one attached hydrogen (secondary N) is 1. The topological polar surface area (TPSA) is 67.9 Å². The van der Waals surface area contributed by atoms with E-state index in [2.05, 4.69) is 19.2 Å². The zero-order valence-corrected chi connectivity index (χ0v) is 16.9. The molecule has 0 saturated carbocycles. The number of amides is 2. The number of carbonyl (C=O) groups excluding carboxylic acids is 2. The standard InChI is InChI=1S/C21H32N2O4/c1-15-11-16(2)14-23(13-15)21(25)8-7-20(24)22-10-9-17-5-6-18(26-3)19(12-17)27-4/h5-6,12,15-16H,7-11,13-14H2,1-4H3,(H,22,24)/t15-,16-/m0/s1. The van der Waals surface area contributed by atoms with Crippen molar-refractivity contribution in [2.75, 3.05) is 33.9 Å². The van der Waals surface area contributed by atoms with Gasteiger partial charge in [-0.15, -0.1) is 0 Å². The van der Waals surface area contributed by atoms with Crippen LogP contribution in [-0.4, -0.2) is 50.6 Å². The Balaban J connectivity index is 1.71. The summed E-state index contributed by atoms with van der Waals surface area (Å²) in [5, 5.41) is 2.89. The van der Waals surface area contributed by atoms with Crippen LogP contribution in [0, 0.1) is 11.8 Å². The van der Waals surface area contributed by atoms with Crippen LogP contribution in [0.15, 0.2) is 18.2 Å². The molecule has 2 atom stereocenters. The molecule has 6 heteroatoms. The fourth-order valence-corrected chi connectivity index (χ4v) is 3.72. The second-order valence-corrected chi connectivity index (χ2v) is 7.53. The van der Waals surface area contributed by atoms with Gasteiger partial charge in [0.15, 0.2) is 11.5 Å². The Morgan fingerprint density at radius 3 is 2.37 bits per heavy atom. The third-order valence-corrected chi connectivity index (χ3v) is 4.97. The Labute approximate surface area is 162 Å². The van der Waals surface area contributed by atoms with Crippen molar-refractivity contribution in [1.82, 2.24) is 10.2 Å². The summed E-state index contributed by atoms with van der Waals surface area (Å²) in [7, 11) is 3.20. The van der Waals surface area contributed by atoms with Gasteiger partial charge in [0.2, 0.25) is 11.8 Å². The van der Waals surface area contributed by atoms with Gasteiger partial charge in [-0.1, -0.05) is 19.9 Å². The van der Waals surface area contributed by atoms with Gasteiger partial charge in [0.05, 0.1) is 14.2 Å². The van der Waals surface area contributed by atoms with Gasteiger partial charge >= 0.3 is 0 Å². The molecule has 1 N–H and O–H groups in total. The van der Waals surface area contributed by atoms with Crippen molar-refractivity contribution in [3.8, 4) is 11.5 Å². The van der Waals surface area contributed by atoms with Gasteiger partial charge in [0.1, 0.15) is 0 Å². The van der Waals surface area contributed by atoms with Crippen LogP contribution in [0.2, 0.25) is 0 Å². The maximum Gasteiger partial charge on any atom is 0.223 e. The maximum atomic E-state index is 12.3. The lowest BCUT2D eigenvalue weighted by molar-refractivity contribution is -0.135. The molecular weight excluding hydrogens is 344 g/mol. The van der Waals surface area contributed by atoms with Gasteiger partial charge in [-0.05, 0) is 42.4 Å². The smallest absolute Gasteiger partial charge is 0.223 e. The van der Waals surface area contributed by atoms with E-state index in [1.807, 2.05) is 23.1 Å². The Morgan fingerprint density at radius 2 is 1.74 bits per heavy atom. The van der Waals surface area contributed by atoms with Crippen LogP contribution >= 0.6 is 0 Å². The maximum absolute atomic E-state index is 12.3. The number of hydrogen-bond acceptors (Lipinski definition) is 4. The number of rotatable bonds is 8. The SMILES string of the molecule is COc1ccc(CCNC(=O)CCC(=O)N2C[C@@H](C)C[C@H](C)C2)cc1OC. The molecule has 1 aromatic rings. The van der Waals surface area contributed by atoms with E-state index in [0.717, 1.165) is 18.7 Å². The van der Waals surface area contributed by atoms with Crippen LogP contribution in [0.1, 0.15) is 38.7 Å². The first-order chi connectivity index (χ1) is 12.9. The molecular formula is C21H32N2O4. The molecule has 0 radical (unpaired) electrons. The zero-order valence-electron chi connectivity index (χ0n) is 16.9. The van der Waals surface area contributed by atoms with Crippen LogP contribution in [0.5, 0.6) is 11.5 Å². The third-order valence-electron chi connectivity index (χ3n) is 4.97. The number of hydrogen-bond donors (Lipinski definition) is 1. The number of nitrogens with zero attached hydrogens (tertiary/aromatic N) is 1. The van der Waals surface area contributed by atoms with Gasteiger partial charge in [0.25, 0.3) is 0 Å². The number of methoxy groups -OCH3 is 2. The highest BCUT2D eigenvalue weighted by atomic mass is 16.5. The monoisotopic (exact) mass is 376 g/mol. The van der Waals surface area contributed by atoms with E-state index in [-0.39, 0.29) is 24.7 Å². The molecule has 0 aromatic heterocycles. The molecule has 0 spiro atoms. The van der Waals surface area contributed by atoms with Crippen molar-refractivity contribution < 1.29 is 19.1 Å². The Bertz CT molecular complexity index is 637. The Hall–Kier alpha value is -2.24. The van der Waals surface area contributed by atoms with E-state index >= 15 is 0 Å². The first-order valence-electron chi connectivity index (χ1n) is 9.68. The van der Waals surface area contributed by atoms with Crippen molar-refractivity contribution in [3.05, 3.63) is 23.8 Å². The second kappa shape index (κ2) is 10.2. The summed E-state index contributed by atoms with van der Waals surface area (Å²) in [5.41, 5.74) is 1.06. The lowest BCUT2D eigenvalue weighted by atomic mass is 9.91. The Kier molecular flexibility index (Phi) is 7.95. The molecule has 0 aliphatic carbocycles. The average Bonchev–Trinajstić information content (AvgIpc) is 2.65. The molecule has 1 fully saturated rings. The summed E-state index contributed by atoms with van der Waals surface area (Å²) in [5.74, 6) is 2.44. The molecule has 0 unspecified atom stereocenters. The predicted octanol–water partition coefficient (Wildman–Crippen LogP) is 2.65. The van der Waals surface area contributed by atoms with Gasteiger partial charge in [-0.25, -0.2) is 0 Å². The minimum atomic E-state index is -0.0815. The summed E-state index contributed by atoms with van der Waals surface area (Å²) in [6, 6.07) is 5.72. The molecule has 1 saturated heterocycles. The molecule has 1 aliphatic rings. The fourth-order valence-electron chi connectivity index (χ4n) is 3.72. The molecule has 0 bridgehead atoms. The summed E-state index contributed by atoms with van der Waals surface area (Å²) < 4.78 is 10.5. The number of carbonyl (C=O) groups is 2. The molecule has 6 nitrogen and oxygen atoms in total. The summed E-state index contributed by atoms with van der Waals surface area (Å²) in [4.78, 5) is 26.3. The molecule has 1 aliphatic heterocycles. The number of likely N-dealkylation sites (tertiary alicyclic amines) is 1. The van der Waals surface area contributed by atoms with Crippen molar-refractivity contribution in [2.24, 2.45) is 11.8 Å². The van der Waals surface area contributed by atoms with E-state index in [1.165, 1.54) is 6.42 Å². The summed E-state index contributed by atoms with van der Waals surface area (Å²) in [6.45, 7) is 6.50. The molecule has 2 rings (SSSR count). The average molecular weight is 376 g/mol. The van der Waals surface area contributed by atoms with Crippen LogP contribution in [-0.2, 0) is 16.0 Å². The second-order valence-electron chi connectivity index (χ2n) is 7.53. The number of ether oxygens (including phenoxy) is 2. The Morgan fingerprint density at radius 1 is 1.07 bits per heavy atom. The third kappa shape index (κ3) is 6.45. The summed E-state index contributed by atoms with van der Waals surface area (Å²) in [6.07, 6.45) is 2.38.